The molecule has 2 aliphatic rings. The van der Waals surface area contributed by atoms with Crippen LogP contribution in [0.2, 0.25) is 0 Å². The Morgan fingerprint density at radius 1 is 1.38 bits per heavy atom. The standard InChI is InChI=1S/C12H17N3O/c1-8-14-10-4-6-16-7-9(10)12(15-8)11-3-2-5-13-11/h11,13H,2-7H2,1H3. The second-order valence-electron chi connectivity index (χ2n) is 4.53. The molecule has 86 valence electrons. The van der Waals surface area contributed by atoms with Gasteiger partial charge >= 0.3 is 0 Å². The quantitative estimate of drug-likeness (QED) is 0.773. The second-order valence-corrected chi connectivity index (χ2v) is 4.53. The third-order valence-electron chi connectivity index (χ3n) is 3.36. The topological polar surface area (TPSA) is 47.0 Å². The largest absolute Gasteiger partial charge is 0.376 e. The average Bonchev–Trinajstić information content (AvgIpc) is 2.81. The van der Waals surface area contributed by atoms with Crippen molar-refractivity contribution in [2.75, 3.05) is 13.2 Å². The summed E-state index contributed by atoms with van der Waals surface area (Å²) in [5.41, 5.74) is 3.61. The van der Waals surface area contributed by atoms with Gasteiger partial charge in [-0.25, -0.2) is 9.97 Å². The molecule has 0 amide bonds. The zero-order valence-electron chi connectivity index (χ0n) is 9.62. The molecule has 1 atom stereocenters. The highest BCUT2D eigenvalue weighted by atomic mass is 16.5. The molecule has 1 aromatic heterocycles. The summed E-state index contributed by atoms with van der Waals surface area (Å²) >= 11 is 0. The zero-order valence-corrected chi connectivity index (χ0v) is 9.62. The van der Waals surface area contributed by atoms with E-state index in [-0.39, 0.29) is 0 Å². The third kappa shape index (κ3) is 1.72. The Balaban J connectivity index is 2.04. The van der Waals surface area contributed by atoms with E-state index < -0.39 is 0 Å². The van der Waals surface area contributed by atoms with E-state index in [0.717, 1.165) is 25.4 Å². The lowest BCUT2D eigenvalue weighted by atomic mass is 10.0. The summed E-state index contributed by atoms with van der Waals surface area (Å²) in [5.74, 6) is 0.893. The minimum atomic E-state index is 0.414. The number of hydrogen-bond donors (Lipinski definition) is 1. The van der Waals surface area contributed by atoms with E-state index in [1.165, 1.54) is 29.8 Å². The molecule has 0 bridgehead atoms. The minimum absolute atomic E-state index is 0.414. The maximum absolute atomic E-state index is 5.53. The van der Waals surface area contributed by atoms with E-state index in [1.54, 1.807) is 0 Å². The van der Waals surface area contributed by atoms with Gasteiger partial charge in [-0.3, -0.25) is 0 Å². The number of nitrogens with one attached hydrogen (secondary N) is 1. The molecule has 3 rings (SSSR count). The lowest BCUT2D eigenvalue weighted by Crippen LogP contribution is -2.22. The van der Waals surface area contributed by atoms with E-state index in [4.69, 9.17) is 4.74 Å². The molecule has 0 aliphatic carbocycles. The summed E-state index contributed by atoms with van der Waals surface area (Å²) in [6.45, 7) is 4.56. The smallest absolute Gasteiger partial charge is 0.125 e. The van der Waals surface area contributed by atoms with Gasteiger partial charge in [0.2, 0.25) is 0 Å². The van der Waals surface area contributed by atoms with Crippen LogP contribution in [-0.4, -0.2) is 23.1 Å². The summed E-state index contributed by atoms with van der Waals surface area (Å²) in [4.78, 5) is 9.14. The molecular weight excluding hydrogens is 202 g/mol. The summed E-state index contributed by atoms with van der Waals surface area (Å²) in [6, 6.07) is 0.414. The molecule has 1 unspecified atom stereocenters. The number of fused-ring (bicyclic) bond motifs is 1. The first kappa shape index (κ1) is 10.2. The van der Waals surface area contributed by atoms with E-state index >= 15 is 0 Å². The maximum Gasteiger partial charge on any atom is 0.125 e. The van der Waals surface area contributed by atoms with E-state index in [2.05, 4.69) is 15.3 Å². The Hall–Kier alpha value is -1.00. The van der Waals surface area contributed by atoms with E-state index in [9.17, 15) is 0 Å². The molecule has 1 fully saturated rings. The predicted octanol–water partition coefficient (Wildman–Crippen LogP) is 1.28. The monoisotopic (exact) mass is 219 g/mol. The fraction of sp³-hybridized carbons (Fsp3) is 0.667. The summed E-state index contributed by atoms with van der Waals surface area (Å²) < 4.78 is 5.53. The van der Waals surface area contributed by atoms with Gasteiger partial charge in [0.25, 0.3) is 0 Å². The second kappa shape index (κ2) is 4.11. The normalized spacial score (nSPS) is 24.4. The molecular formula is C12H17N3O. The van der Waals surface area contributed by atoms with Gasteiger partial charge in [0.05, 0.1) is 30.6 Å². The Bertz CT molecular complexity index is 399. The van der Waals surface area contributed by atoms with Gasteiger partial charge < -0.3 is 10.1 Å². The number of aromatic nitrogens is 2. The molecule has 4 heteroatoms. The van der Waals surface area contributed by atoms with Crippen molar-refractivity contribution >= 4 is 0 Å². The fourth-order valence-corrected chi connectivity index (χ4v) is 2.59. The van der Waals surface area contributed by atoms with Crippen molar-refractivity contribution in [3.63, 3.8) is 0 Å². The summed E-state index contributed by atoms with van der Waals surface area (Å²) in [5, 5.41) is 3.50. The highest BCUT2D eigenvalue weighted by molar-refractivity contribution is 5.29. The van der Waals surface area contributed by atoms with Crippen LogP contribution < -0.4 is 5.32 Å². The first-order valence-electron chi connectivity index (χ1n) is 6.02. The van der Waals surface area contributed by atoms with Crippen molar-refractivity contribution in [3.8, 4) is 0 Å². The Morgan fingerprint density at radius 3 is 3.12 bits per heavy atom. The molecule has 16 heavy (non-hydrogen) atoms. The molecule has 0 spiro atoms. The minimum Gasteiger partial charge on any atom is -0.376 e. The molecule has 1 aromatic rings. The first-order valence-corrected chi connectivity index (χ1v) is 6.02. The lowest BCUT2D eigenvalue weighted by molar-refractivity contribution is 0.107. The molecule has 2 aliphatic heterocycles. The maximum atomic E-state index is 5.53. The Kier molecular flexibility index (Phi) is 2.61. The number of aryl methyl sites for hydroxylation is 1. The molecule has 1 saturated heterocycles. The van der Waals surface area contributed by atoms with Crippen LogP contribution in [0.4, 0.5) is 0 Å². The van der Waals surface area contributed by atoms with Crippen LogP contribution >= 0.6 is 0 Å². The van der Waals surface area contributed by atoms with Gasteiger partial charge in [-0.2, -0.15) is 0 Å². The molecule has 0 saturated carbocycles. The highest BCUT2D eigenvalue weighted by Gasteiger charge is 2.25. The van der Waals surface area contributed by atoms with Crippen LogP contribution in [0.3, 0.4) is 0 Å². The summed E-state index contributed by atoms with van der Waals surface area (Å²) in [7, 11) is 0. The molecule has 0 aromatic carbocycles. The van der Waals surface area contributed by atoms with Crippen LogP contribution in [0, 0.1) is 6.92 Å². The van der Waals surface area contributed by atoms with Crippen LogP contribution in [0.1, 0.15) is 41.7 Å². The molecule has 0 radical (unpaired) electrons. The van der Waals surface area contributed by atoms with Gasteiger partial charge in [0.1, 0.15) is 5.82 Å². The van der Waals surface area contributed by atoms with Gasteiger partial charge in [-0.05, 0) is 26.3 Å². The number of ether oxygens (including phenoxy) is 1. The molecule has 4 nitrogen and oxygen atoms in total. The molecule has 1 N–H and O–H groups in total. The van der Waals surface area contributed by atoms with Crippen molar-refractivity contribution in [3.05, 3.63) is 22.8 Å². The average molecular weight is 219 g/mol. The lowest BCUT2D eigenvalue weighted by Gasteiger charge is -2.21. The van der Waals surface area contributed by atoms with E-state index in [1.807, 2.05) is 6.92 Å². The SMILES string of the molecule is Cc1nc2c(c(C3CCCN3)n1)COCC2. The van der Waals surface area contributed by atoms with Crippen molar-refractivity contribution in [1.29, 1.82) is 0 Å². The summed E-state index contributed by atoms with van der Waals surface area (Å²) in [6.07, 6.45) is 3.35. The Labute approximate surface area is 95.4 Å². The predicted molar refractivity (Wildman–Crippen MR) is 60.1 cm³/mol. The number of rotatable bonds is 1. The van der Waals surface area contributed by atoms with Crippen molar-refractivity contribution in [2.45, 2.75) is 38.8 Å². The number of hydrogen-bond acceptors (Lipinski definition) is 4. The zero-order chi connectivity index (χ0) is 11.0. The van der Waals surface area contributed by atoms with Gasteiger partial charge in [0, 0.05) is 12.0 Å². The van der Waals surface area contributed by atoms with E-state index in [0.29, 0.717) is 12.6 Å². The van der Waals surface area contributed by atoms with Crippen molar-refractivity contribution in [2.24, 2.45) is 0 Å². The first-order chi connectivity index (χ1) is 7.84. The van der Waals surface area contributed by atoms with Crippen LogP contribution in [0.15, 0.2) is 0 Å². The van der Waals surface area contributed by atoms with Crippen LogP contribution in [0.25, 0.3) is 0 Å². The third-order valence-corrected chi connectivity index (χ3v) is 3.36. The van der Waals surface area contributed by atoms with Gasteiger partial charge in [-0.15, -0.1) is 0 Å². The highest BCUT2D eigenvalue weighted by Crippen LogP contribution is 2.28. The van der Waals surface area contributed by atoms with Crippen molar-refractivity contribution in [1.82, 2.24) is 15.3 Å². The van der Waals surface area contributed by atoms with Crippen LogP contribution in [-0.2, 0) is 17.8 Å². The Morgan fingerprint density at radius 2 is 2.31 bits per heavy atom. The number of nitrogens with zero attached hydrogens (tertiary/aromatic N) is 2. The van der Waals surface area contributed by atoms with Gasteiger partial charge in [-0.1, -0.05) is 0 Å². The van der Waals surface area contributed by atoms with Crippen LogP contribution in [0.5, 0.6) is 0 Å². The van der Waals surface area contributed by atoms with Gasteiger partial charge in [0.15, 0.2) is 0 Å². The van der Waals surface area contributed by atoms with Crippen molar-refractivity contribution < 1.29 is 4.74 Å². The molecule has 3 heterocycles. The fourth-order valence-electron chi connectivity index (χ4n) is 2.59.